The monoisotopic (exact) mass is 317 g/mol. The van der Waals surface area contributed by atoms with Crippen molar-refractivity contribution >= 4 is 27.4 Å². The van der Waals surface area contributed by atoms with Crippen molar-refractivity contribution in [1.29, 1.82) is 0 Å². The van der Waals surface area contributed by atoms with Crippen LogP contribution in [-0.4, -0.2) is 27.0 Å². The van der Waals surface area contributed by atoms with E-state index in [1.165, 1.54) is 18.9 Å². The molecule has 2 rings (SSSR count). The Bertz CT molecular complexity index is 562. The minimum Gasteiger partial charge on any atom is -0.338 e. The van der Waals surface area contributed by atoms with Crippen LogP contribution in [0.5, 0.6) is 0 Å². The number of hydrogen-bond donors (Lipinski definition) is 3. The van der Waals surface area contributed by atoms with Gasteiger partial charge in [0.2, 0.25) is 10.0 Å². The number of primary sulfonamides is 1. The fourth-order valence-electron chi connectivity index (χ4n) is 2.25. The van der Waals surface area contributed by atoms with Gasteiger partial charge in [0.25, 0.3) is 0 Å². The number of rotatable bonds is 5. The first-order chi connectivity index (χ1) is 9.45. The van der Waals surface area contributed by atoms with Gasteiger partial charge in [-0.25, -0.2) is 18.4 Å². The zero-order valence-corrected chi connectivity index (χ0v) is 12.7. The largest absolute Gasteiger partial charge is 0.338 e. The Kier molecular flexibility index (Phi) is 5.00. The summed E-state index contributed by atoms with van der Waals surface area (Å²) in [6, 6.07) is 3.36. The molecule has 1 fully saturated rings. The highest BCUT2D eigenvalue weighted by Crippen LogP contribution is 2.20. The van der Waals surface area contributed by atoms with E-state index in [9.17, 15) is 13.2 Å². The molecule has 0 spiro atoms. The van der Waals surface area contributed by atoms with Crippen LogP contribution < -0.4 is 15.8 Å². The van der Waals surface area contributed by atoms with E-state index in [0.29, 0.717) is 19.0 Å². The van der Waals surface area contributed by atoms with Crippen molar-refractivity contribution in [2.75, 3.05) is 6.54 Å². The van der Waals surface area contributed by atoms with Crippen LogP contribution in [0.3, 0.4) is 0 Å². The predicted molar refractivity (Wildman–Crippen MR) is 78.2 cm³/mol. The zero-order valence-electron chi connectivity index (χ0n) is 11.1. The molecule has 1 saturated carbocycles. The smallest absolute Gasteiger partial charge is 0.315 e. The summed E-state index contributed by atoms with van der Waals surface area (Å²) in [6.07, 6.45) is 5.05. The van der Waals surface area contributed by atoms with Crippen molar-refractivity contribution in [2.24, 2.45) is 5.14 Å². The third-order valence-electron chi connectivity index (χ3n) is 3.26. The van der Waals surface area contributed by atoms with Crippen LogP contribution in [0.1, 0.15) is 30.6 Å². The Hall–Kier alpha value is -1.12. The molecule has 20 heavy (non-hydrogen) atoms. The quantitative estimate of drug-likeness (QED) is 0.760. The molecule has 8 heteroatoms. The molecule has 0 radical (unpaired) electrons. The lowest BCUT2D eigenvalue weighted by molar-refractivity contribution is 0.237. The number of carbonyl (C=O) groups excluding carboxylic acids is 1. The van der Waals surface area contributed by atoms with Gasteiger partial charge in [-0.1, -0.05) is 12.8 Å². The van der Waals surface area contributed by atoms with Crippen molar-refractivity contribution in [2.45, 2.75) is 42.4 Å². The van der Waals surface area contributed by atoms with Gasteiger partial charge in [-0.05, 0) is 31.4 Å². The molecule has 0 saturated heterocycles. The molecule has 1 aliphatic carbocycles. The number of nitrogens with two attached hydrogens (primary N) is 1. The zero-order chi connectivity index (χ0) is 14.6. The van der Waals surface area contributed by atoms with Crippen LogP contribution >= 0.6 is 11.3 Å². The van der Waals surface area contributed by atoms with E-state index in [4.69, 9.17) is 5.14 Å². The van der Waals surface area contributed by atoms with Crippen molar-refractivity contribution in [3.63, 3.8) is 0 Å². The summed E-state index contributed by atoms with van der Waals surface area (Å²) in [5.74, 6) is 0. The SMILES string of the molecule is NS(=O)(=O)c1ccc(CCNC(=O)NC2CCCC2)s1. The summed E-state index contributed by atoms with van der Waals surface area (Å²) >= 11 is 1.14. The van der Waals surface area contributed by atoms with Gasteiger partial charge in [0.1, 0.15) is 4.21 Å². The van der Waals surface area contributed by atoms with Crippen LogP contribution in [0.2, 0.25) is 0 Å². The maximum Gasteiger partial charge on any atom is 0.315 e. The van der Waals surface area contributed by atoms with Crippen LogP contribution in [0.4, 0.5) is 4.79 Å². The lowest BCUT2D eigenvalue weighted by Crippen LogP contribution is -2.41. The molecular formula is C12H19N3O3S2. The molecule has 0 aliphatic heterocycles. The van der Waals surface area contributed by atoms with Crippen LogP contribution in [0.25, 0.3) is 0 Å². The number of carbonyl (C=O) groups is 1. The van der Waals surface area contributed by atoms with Crippen molar-refractivity contribution in [3.8, 4) is 0 Å². The van der Waals surface area contributed by atoms with Crippen LogP contribution in [0, 0.1) is 0 Å². The predicted octanol–water partition coefficient (Wildman–Crippen LogP) is 1.18. The molecule has 1 aliphatic rings. The third kappa shape index (κ3) is 4.46. The second kappa shape index (κ2) is 6.55. The van der Waals surface area contributed by atoms with E-state index in [0.717, 1.165) is 29.1 Å². The topological polar surface area (TPSA) is 101 Å². The van der Waals surface area contributed by atoms with E-state index >= 15 is 0 Å². The van der Waals surface area contributed by atoms with Gasteiger partial charge >= 0.3 is 6.03 Å². The first-order valence-corrected chi connectivity index (χ1v) is 8.97. The molecule has 6 nitrogen and oxygen atoms in total. The van der Waals surface area contributed by atoms with E-state index in [2.05, 4.69) is 10.6 Å². The fraction of sp³-hybridized carbons (Fsp3) is 0.583. The Morgan fingerprint density at radius 3 is 2.65 bits per heavy atom. The lowest BCUT2D eigenvalue weighted by Gasteiger charge is -2.12. The second-order valence-corrected chi connectivity index (χ2v) is 7.85. The molecule has 0 unspecified atom stereocenters. The molecule has 0 bridgehead atoms. The standard InChI is InChI=1S/C12H19N3O3S2/c13-20(17,18)11-6-5-10(19-11)7-8-14-12(16)15-9-3-1-2-4-9/h5-6,9H,1-4,7-8H2,(H2,13,17,18)(H2,14,15,16). The number of thiophene rings is 1. The summed E-state index contributed by atoms with van der Waals surface area (Å²) in [4.78, 5) is 12.5. The van der Waals surface area contributed by atoms with Crippen molar-refractivity contribution in [3.05, 3.63) is 17.0 Å². The van der Waals surface area contributed by atoms with Crippen molar-refractivity contribution in [1.82, 2.24) is 10.6 Å². The summed E-state index contributed by atoms with van der Waals surface area (Å²) < 4.78 is 22.4. The van der Waals surface area contributed by atoms with Crippen LogP contribution in [0.15, 0.2) is 16.3 Å². The van der Waals surface area contributed by atoms with E-state index in [-0.39, 0.29) is 10.2 Å². The van der Waals surface area contributed by atoms with Gasteiger partial charge in [0.05, 0.1) is 0 Å². The minimum absolute atomic E-state index is 0.153. The third-order valence-corrected chi connectivity index (χ3v) is 5.85. The Balaban J connectivity index is 1.72. The van der Waals surface area contributed by atoms with E-state index < -0.39 is 10.0 Å². The molecule has 1 heterocycles. The van der Waals surface area contributed by atoms with E-state index in [1.807, 2.05) is 0 Å². The van der Waals surface area contributed by atoms with Gasteiger partial charge in [-0.15, -0.1) is 11.3 Å². The van der Waals surface area contributed by atoms with Crippen LogP contribution in [-0.2, 0) is 16.4 Å². The summed E-state index contributed by atoms with van der Waals surface area (Å²) in [7, 11) is -3.62. The molecule has 4 N–H and O–H groups in total. The number of sulfonamides is 1. The average Bonchev–Trinajstić information content (AvgIpc) is 2.98. The molecule has 0 atom stereocenters. The van der Waals surface area contributed by atoms with Gasteiger partial charge in [-0.2, -0.15) is 0 Å². The lowest BCUT2D eigenvalue weighted by atomic mass is 10.2. The molecule has 0 aromatic carbocycles. The molecule has 1 aromatic heterocycles. The van der Waals surface area contributed by atoms with Crippen molar-refractivity contribution < 1.29 is 13.2 Å². The van der Waals surface area contributed by atoms with Gasteiger partial charge in [-0.3, -0.25) is 0 Å². The minimum atomic E-state index is -3.62. The Morgan fingerprint density at radius 2 is 2.05 bits per heavy atom. The first-order valence-electron chi connectivity index (χ1n) is 6.61. The van der Waals surface area contributed by atoms with Gasteiger partial charge in [0, 0.05) is 17.5 Å². The molecular weight excluding hydrogens is 298 g/mol. The highest BCUT2D eigenvalue weighted by Gasteiger charge is 2.16. The second-order valence-electron chi connectivity index (χ2n) is 4.90. The average molecular weight is 317 g/mol. The highest BCUT2D eigenvalue weighted by molar-refractivity contribution is 7.91. The maximum absolute atomic E-state index is 11.6. The summed E-state index contributed by atoms with van der Waals surface area (Å²) in [6.45, 7) is 0.475. The summed E-state index contributed by atoms with van der Waals surface area (Å²) in [5.41, 5.74) is 0. The number of hydrogen-bond acceptors (Lipinski definition) is 4. The fourth-order valence-corrected chi connectivity index (χ4v) is 4.03. The molecule has 112 valence electrons. The Labute approximate surface area is 122 Å². The number of amides is 2. The van der Waals surface area contributed by atoms with Gasteiger partial charge < -0.3 is 10.6 Å². The first kappa shape index (κ1) is 15.3. The summed E-state index contributed by atoms with van der Waals surface area (Å²) in [5, 5.41) is 10.8. The number of nitrogens with one attached hydrogen (secondary N) is 2. The van der Waals surface area contributed by atoms with E-state index in [1.54, 1.807) is 6.07 Å². The Morgan fingerprint density at radius 1 is 1.35 bits per heavy atom. The molecule has 1 aromatic rings. The normalized spacial score (nSPS) is 16.2. The molecule has 2 amide bonds. The highest BCUT2D eigenvalue weighted by atomic mass is 32.2. The van der Waals surface area contributed by atoms with Gasteiger partial charge in [0.15, 0.2) is 0 Å². The maximum atomic E-state index is 11.6. The number of urea groups is 1.